The van der Waals surface area contributed by atoms with Crippen LogP contribution >= 0.6 is 11.6 Å². The molecule has 100 valence electrons. The number of benzene rings is 2. The minimum Gasteiger partial charge on any atom is -0.457 e. The van der Waals surface area contributed by atoms with Crippen LogP contribution < -0.4 is 10.1 Å². The number of para-hydroxylation sites is 1. The van der Waals surface area contributed by atoms with Crippen LogP contribution in [0.5, 0.6) is 11.5 Å². The average Bonchev–Trinajstić information content (AvgIpc) is 2.42. The number of halogens is 2. The zero-order valence-corrected chi connectivity index (χ0v) is 11.4. The molecule has 2 aromatic rings. The predicted octanol–water partition coefficient (Wildman–Crippen LogP) is 4.38. The van der Waals surface area contributed by atoms with E-state index in [9.17, 15) is 4.39 Å². The molecular weight excluding hydrogens is 265 g/mol. The molecule has 0 aliphatic heterocycles. The summed E-state index contributed by atoms with van der Waals surface area (Å²) in [6, 6.07) is 12.1. The van der Waals surface area contributed by atoms with Crippen LogP contribution in [0.1, 0.15) is 12.5 Å². The lowest BCUT2D eigenvalue weighted by atomic mass is 10.2. The Morgan fingerprint density at radius 1 is 1.21 bits per heavy atom. The van der Waals surface area contributed by atoms with Gasteiger partial charge in [0.25, 0.3) is 0 Å². The van der Waals surface area contributed by atoms with E-state index in [-0.39, 0.29) is 5.02 Å². The fourth-order valence-electron chi connectivity index (χ4n) is 1.68. The molecule has 0 atom stereocenters. The molecule has 4 heteroatoms. The molecule has 2 nitrogen and oxygen atoms in total. The normalized spacial score (nSPS) is 10.5. The number of hydrogen-bond donors (Lipinski definition) is 1. The van der Waals surface area contributed by atoms with Crippen LogP contribution in [0.25, 0.3) is 0 Å². The van der Waals surface area contributed by atoms with Gasteiger partial charge in [-0.05, 0) is 24.7 Å². The summed E-state index contributed by atoms with van der Waals surface area (Å²) in [7, 11) is 0. The molecule has 0 amide bonds. The molecule has 0 aliphatic carbocycles. The maximum absolute atomic E-state index is 13.4. The molecule has 0 unspecified atom stereocenters. The van der Waals surface area contributed by atoms with Crippen molar-refractivity contribution in [2.24, 2.45) is 0 Å². The van der Waals surface area contributed by atoms with E-state index in [2.05, 4.69) is 5.32 Å². The Bertz CT molecular complexity index is 560. The molecule has 0 saturated heterocycles. The van der Waals surface area contributed by atoms with E-state index < -0.39 is 5.82 Å². The van der Waals surface area contributed by atoms with Crippen molar-refractivity contribution >= 4 is 11.6 Å². The summed E-state index contributed by atoms with van der Waals surface area (Å²) < 4.78 is 19.1. The SMILES string of the molecule is CCNCc1ccccc1Oc1ccc(Cl)c(F)c1. The van der Waals surface area contributed by atoms with Gasteiger partial charge in [0.2, 0.25) is 0 Å². The van der Waals surface area contributed by atoms with Gasteiger partial charge in [-0.25, -0.2) is 4.39 Å². The highest BCUT2D eigenvalue weighted by Gasteiger charge is 2.06. The second-order valence-corrected chi connectivity index (χ2v) is 4.47. The number of nitrogens with one attached hydrogen (secondary N) is 1. The molecule has 0 aliphatic rings. The van der Waals surface area contributed by atoms with Crippen LogP contribution in [-0.4, -0.2) is 6.54 Å². The van der Waals surface area contributed by atoms with Gasteiger partial charge in [-0.15, -0.1) is 0 Å². The molecule has 0 radical (unpaired) electrons. The van der Waals surface area contributed by atoms with E-state index in [1.165, 1.54) is 12.1 Å². The van der Waals surface area contributed by atoms with Gasteiger partial charge in [0.1, 0.15) is 17.3 Å². The van der Waals surface area contributed by atoms with Crippen molar-refractivity contribution in [3.05, 3.63) is 58.9 Å². The fraction of sp³-hybridized carbons (Fsp3) is 0.200. The van der Waals surface area contributed by atoms with Crippen molar-refractivity contribution in [3.8, 4) is 11.5 Å². The van der Waals surface area contributed by atoms with E-state index in [0.717, 1.165) is 12.1 Å². The molecule has 0 saturated carbocycles. The number of ether oxygens (including phenoxy) is 1. The third-order valence-electron chi connectivity index (χ3n) is 2.66. The van der Waals surface area contributed by atoms with Crippen molar-refractivity contribution in [3.63, 3.8) is 0 Å². The van der Waals surface area contributed by atoms with Crippen LogP contribution in [0.4, 0.5) is 4.39 Å². The second kappa shape index (κ2) is 6.55. The topological polar surface area (TPSA) is 21.3 Å². The van der Waals surface area contributed by atoms with Crippen molar-refractivity contribution in [1.82, 2.24) is 5.32 Å². The Hall–Kier alpha value is -1.58. The van der Waals surface area contributed by atoms with Crippen molar-refractivity contribution < 1.29 is 9.13 Å². The summed E-state index contributed by atoms with van der Waals surface area (Å²) in [5.74, 6) is 0.666. The molecule has 0 spiro atoms. The van der Waals surface area contributed by atoms with Gasteiger partial charge >= 0.3 is 0 Å². The minimum atomic E-state index is -0.483. The van der Waals surface area contributed by atoms with Gasteiger partial charge < -0.3 is 10.1 Å². The first-order valence-corrected chi connectivity index (χ1v) is 6.50. The first-order valence-electron chi connectivity index (χ1n) is 6.12. The highest BCUT2D eigenvalue weighted by Crippen LogP contribution is 2.27. The van der Waals surface area contributed by atoms with Crippen LogP contribution in [0.15, 0.2) is 42.5 Å². The fourth-order valence-corrected chi connectivity index (χ4v) is 1.79. The van der Waals surface area contributed by atoms with Gasteiger partial charge in [0.05, 0.1) is 5.02 Å². The summed E-state index contributed by atoms with van der Waals surface area (Å²) in [5, 5.41) is 3.33. The molecule has 2 aromatic carbocycles. The summed E-state index contributed by atoms with van der Waals surface area (Å²) in [6.45, 7) is 3.63. The number of rotatable bonds is 5. The summed E-state index contributed by atoms with van der Waals surface area (Å²) >= 11 is 5.64. The molecule has 1 N–H and O–H groups in total. The van der Waals surface area contributed by atoms with E-state index >= 15 is 0 Å². The Balaban J connectivity index is 2.20. The molecule has 2 rings (SSSR count). The first kappa shape index (κ1) is 13.8. The second-order valence-electron chi connectivity index (χ2n) is 4.07. The monoisotopic (exact) mass is 279 g/mol. The Labute approximate surface area is 117 Å². The lowest BCUT2D eigenvalue weighted by Gasteiger charge is -2.11. The van der Waals surface area contributed by atoms with Crippen molar-refractivity contribution in [2.45, 2.75) is 13.5 Å². The van der Waals surface area contributed by atoms with E-state index in [0.29, 0.717) is 18.0 Å². The smallest absolute Gasteiger partial charge is 0.145 e. The van der Waals surface area contributed by atoms with Gasteiger partial charge in [-0.1, -0.05) is 36.7 Å². The van der Waals surface area contributed by atoms with Crippen LogP contribution in [0.3, 0.4) is 0 Å². The summed E-state index contributed by atoms with van der Waals surface area (Å²) in [6.07, 6.45) is 0. The third-order valence-corrected chi connectivity index (χ3v) is 2.96. The van der Waals surface area contributed by atoms with Gasteiger partial charge in [-0.2, -0.15) is 0 Å². The lowest BCUT2D eigenvalue weighted by molar-refractivity contribution is 0.468. The highest BCUT2D eigenvalue weighted by atomic mass is 35.5. The minimum absolute atomic E-state index is 0.0910. The van der Waals surface area contributed by atoms with Gasteiger partial charge in [0, 0.05) is 18.2 Å². The van der Waals surface area contributed by atoms with Crippen LogP contribution in [0.2, 0.25) is 5.02 Å². The molecule has 0 heterocycles. The largest absolute Gasteiger partial charge is 0.457 e. The third kappa shape index (κ3) is 3.69. The van der Waals surface area contributed by atoms with E-state index in [4.69, 9.17) is 16.3 Å². The number of hydrogen-bond acceptors (Lipinski definition) is 2. The van der Waals surface area contributed by atoms with E-state index in [1.807, 2.05) is 31.2 Å². The van der Waals surface area contributed by atoms with E-state index in [1.54, 1.807) is 6.07 Å². The Morgan fingerprint density at radius 3 is 2.74 bits per heavy atom. The summed E-state index contributed by atoms with van der Waals surface area (Å²) in [5.41, 5.74) is 1.03. The molecular formula is C15H15ClFNO. The maximum Gasteiger partial charge on any atom is 0.145 e. The average molecular weight is 280 g/mol. The Morgan fingerprint density at radius 2 is 2.00 bits per heavy atom. The quantitative estimate of drug-likeness (QED) is 0.877. The predicted molar refractivity (Wildman–Crippen MR) is 75.3 cm³/mol. The van der Waals surface area contributed by atoms with Crippen LogP contribution in [0, 0.1) is 5.82 Å². The summed E-state index contributed by atoms with van der Waals surface area (Å²) in [4.78, 5) is 0. The standard InChI is InChI=1S/C15H15ClFNO/c1-2-18-10-11-5-3-4-6-15(11)19-12-7-8-13(16)14(17)9-12/h3-9,18H,2,10H2,1H3. The van der Waals surface area contributed by atoms with Crippen molar-refractivity contribution in [2.75, 3.05) is 6.54 Å². The van der Waals surface area contributed by atoms with Gasteiger partial charge in [-0.3, -0.25) is 0 Å². The zero-order chi connectivity index (χ0) is 13.7. The Kier molecular flexibility index (Phi) is 4.77. The first-order chi connectivity index (χ1) is 9.20. The van der Waals surface area contributed by atoms with Crippen molar-refractivity contribution in [1.29, 1.82) is 0 Å². The lowest BCUT2D eigenvalue weighted by Crippen LogP contribution is -2.12. The molecule has 0 bridgehead atoms. The zero-order valence-electron chi connectivity index (χ0n) is 10.6. The molecule has 19 heavy (non-hydrogen) atoms. The molecule has 0 aromatic heterocycles. The highest BCUT2D eigenvalue weighted by molar-refractivity contribution is 6.30. The van der Waals surface area contributed by atoms with Crippen LogP contribution in [-0.2, 0) is 6.54 Å². The molecule has 0 fully saturated rings. The van der Waals surface area contributed by atoms with Gasteiger partial charge in [0.15, 0.2) is 0 Å². The maximum atomic E-state index is 13.4.